The minimum Gasteiger partial charge on any atom is -0.422 e. The van der Waals surface area contributed by atoms with Crippen LogP contribution in [0, 0.1) is 11.3 Å². The van der Waals surface area contributed by atoms with E-state index in [0.29, 0.717) is 27.4 Å². The van der Waals surface area contributed by atoms with Crippen LogP contribution in [-0.4, -0.2) is 9.97 Å². The van der Waals surface area contributed by atoms with Crippen LogP contribution in [0.1, 0.15) is 5.01 Å². The lowest BCUT2D eigenvalue weighted by atomic mass is 10.1. The van der Waals surface area contributed by atoms with Crippen LogP contribution < -0.4 is 10.9 Å². The summed E-state index contributed by atoms with van der Waals surface area (Å²) in [6.45, 7) is 0. The third kappa shape index (κ3) is 3.91. The number of benzene rings is 2. The highest BCUT2D eigenvalue weighted by Crippen LogP contribution is 2.27. The molecular formula is C24H13BrN4O2S. The van der Waals surface area contributed by atoms with Gasteiger partial charge in [0.25, 0.3) is 0 Å². The summed E-state index contributed by atoms with van der Waals surface area (Å²) in [6.07, 6.45) is 3.36. The fraction of sp³-hybridized carbons (Fsp3) is 0. The predicted octanol–water partition coefficient (Wildman–Crippen LogP) is 6.20. The Balaban J connectivity index is 1.46. The Morgan fingerprint density at radius 3 is 2.94 bits per heavy atom. The first-order valence-corrected chi connectivity index (χ1v) is 11.2. The number of aromatic nitrogens is 2. The zero-order chi connectivity index (χ0) is 22.1. The number of nitrogens with one attached hydrogen (secondary N) is 1. The van der Waals surface area contributed by atoms with Gasteiger partial charge in [-0.25, -0.2) is 9.78 Å². The first-order chi connectivity index (χ1) is 15.6. The molecule has 0 unspecified atom stereocenters. The maximum absolute atomic E-state index is 12.5. The summed E-state index contributed by atoms with van der Waals surface area (Å²) in [7, 11) is 0. The lowest BCUT2D eigenvalue weighted by molar-refractivity contribution is 0.563. The number of nitriles is 1. The van der Waals surface area contributed by atoms with Gasteiger partial charge in [-0.15, -0.1) is 11.3 Å². The summed E-state index contributed by atoms with van der Waals surface area (Å²) < 4.78 is 6.31. The third-order valence-corrected chi connectivity index (χ3v) is 6.18. The second kappa shape index (κ2) is 8.38. The van der Waals surface area contributed by atoms with Crippen molar-refractivity contribution in [2.75, 3.05) is 5.32 Å². The second-order valence-electron chi connectivity index (χ2n) is 6.89. The van der Waals surface area contributed by atoms with E-state index in [-0.39, 0.29) is 0 Å². The number of rotatable bonds is 4. The van der Waals surface area contributed by atoms with Crippen molar-refractivity contribution in [1.82, 2.24) is 9.97 Å². The molecule has 0 aliphatic carbocycles. The fourth-order valence-electron chi connectivity index (χ4n) is 3.26. The first-order valence-electron chi connectivity index (χ1n) is 9.52. The van der Waals surface area contributed by atoms with Gasteiger partial charge in [0.1, 0.15) is 22.2 Å². The van der Waals surface area contributed by atoms with Crippen molar-refractivity contribution in [2.24, 2.45) is 0 Å². The predicted molar refractivity (Wildman–Crippen MR) is 130 cm³/mol. The summed E-state index contributed by atoms with van der Waals surface area (Å²) in [5.41, 5.74) is 2.94. The molecule has 154 valence electrons. The van der Waals surface area contributed by atoms with Crippen LogP contribution in [0.5, 0.6) is 0 Å². The van der Waals surface area contributed by atoms with Gasteiger partial charge in [-0.3, -0.25) is 4.98 Å². The number of allylic oxidation sites excluding steroid dienone is 1. The van der Waals surface area contributed by atoms with Crippen LogP contribution in [0.25, 0.3) is 38.7 Å². The van der Waals surface area contributed by atoms with E-state index in [9.17, 15) is 10.1 Å². The molecule has 0 aliphatic rings. The minimum absolute atomic E-state index is 0.352. The average molecular weight is 501 g/mol. The summed E-state index contributed by atoms with van der Waals surface area (Å²) in [5, 5.41) is 16.8. The van der Waals surface area contributed by atoms with Crippen molar-refractivity contribution < 1.29 is 4.42 Å². The fourth-order valence-corrected chi connectivity index (χ4v) is 4.42. The Hall–Kier alpha value is -3.80. The topological polar surface area (TPSA) is 91.8 Å². The lowest BCUT2D eigenvalue weighted by Crippen LogP contribution is -2.03. The number of anilines is 1. The molecule has 32 heavy (non-hydrogen) atoms. The summed E-state index contributed by atoms with van der Waals surface area (Å²) in [5.74, 6) is 0. The number of pyridine rings is 1. The summed E-state index contributed by atoms with van der Waals surface area (Å²) >= 11 is 4.72. The van der Waals surface area contributed by atoms with Crippen LogP contribution in [0.15, 0.2) is 86.1 Å². The molecule has 0 spiro atoms. The Morgan fingerprint density at radius 2 is 2.06 bits per heavy atom. The van der Waals surface area contributed by atoms with Crippen molar-refractivity contribution in [2.45, 2.75) is 0 Å². The number of hydrogen-bond donors (Lipinski definition) is 1. The molecule has 0 radical (unpaired) electrons. The maximum atomic E-state index is 12.5. The number of halogens is 1. The van der Waals surface area contributed by atoms with Gasteiger partial charge in [0.05, 0.1) is 16.8 Å². The minimum atomic E-state index is -0.470. The molecule has 0 fully saturated rings. The Bertz CT molecular complexity index is 1610. The summed E-state index contributed by atoms with van der Waals surface area (Å²) in [4.78, 5) is 21.3. The molecule has 0 saturated heterocycles. The smallest absolute Gasteiger partial charge is 0.345 e. The summed E-state index contributed by atoms with van der Waals surface area (Å²) in [6, 6.07) is 19.0. The van der Waals surface area contributed by atoms with Gasteiger partial charge < -0.3 is 9.73 Å². The second-order valence-corrected chi connectivity index (χ2v) is 8.67. The highest BCUT2D eigenvalue weighted by Gasteiger charge is 2.14. The molecule has 3 heterocycles. The molecule has 1 N–H and O–H groups in total. The molecule has 0 atom stereocenters. The van der Waals surface area contributed by atoms with Gasteiger partial charge in [-0.05, 0) is 48.5 Å². The van der Waals surface area contributed by atoms with Crippen molar-refractivity contribution in [3.63, 3.8) is 0 Å². The van der Waals surface area contributed by atoms with Crippen LogP contribution in [0.4, 0.5) is 5.69 Å². The third-order valence-electron chi connectivity index (χ3n) is 4.81. The van der Waals surface area contributed by atoms with E-state index in [2.05, 4.69) is 37.3 Å². The zero-order valence-electron chi connectivity index (χ0n) is 16.4. The van der Waals surface area contributed by atoms with Gasteiger partial charge in [-0.2, -0.15) is 5.26 Å². The highest BCUT2D eigenvalue weighted by molar-refractivity contribution is 9.10. The number of fused-ring (bicyclic) bond motifs is 2. The molecule has 6 nitrogen and oxygen atoms in total. The van der Waals surface area contributed by atoms with E-state index in [4.69, 9.17) is 4.42 Å². The SMILES string of the molecule is N#CC(=CNc1ccc2ncccc2c1)c1nc(-c2cc3cc(Br)ccc3oc2=O)cs1. The van der Waals surface area contributed by atoms with Gasteiger partial charge in [0.2, 0.25) is 0 Å². The van der Waals surface area contributed by atoms with Crippen LogP contribution in [-0.2, 0) is 0 Å². The van der Waals surface area contributed by atoms with Gasteiger partial charge >= 0.3 is 5.63 Å². The van der Waals surface area contributed by atoms with E-state index in [1.54, 1.807) is 29.9 Å². The molecule has 8 heteroatoms. The molecule has 0 amide bonds. The normalized spacial score (nSPS) is 11.6. The van der Waals surface area contributed by atoms with Gasteiger partial charge in [-0.1, -0.05) is 22.0 Å². The molecule has 5 rings (SSSR count). The molecular weight excluding hydrogens is 488 g/mol. The molecule has 5 aromatic rings. The highest BCUT2D eigenvalue weighted by atomic mass is 79.9. The van der Waals surface area contributed by atoms with Crippen LogP contribution >= 0.6 is 27.3 Å². The van der Waals surface area contributed by atoms with Gasteiger partial charge in [0.15, 0.2) is 0 Å². The Kier molecular flexibility index (Phi) is 5.27. The van der Waals surface area contributed by atoms with Crippen LogP contribution in [0.3, 0.4) is 0 Å². The van der Waals surface area contributed by atoms with Crippen molar-refractivity contribution in [3.8, 4) is 17.3 Å². The standard InChI is InChI=1S/C24H13BrN4O2S/c25-17-3-6-22-15(8-17)10-19(24(30)31-22)21-13-32-23(29-21)16(11-26)12-28-18-4-5-20-14(9-18)2-1-7-27-20/h1-10,12-13,28H. The van der Waals surface area contributed by atoms with Crippen molar-refractivity contribution >= 4 is 60.4 Å². The van der Waals surface area contributed by atoms with E-state index in [1.165, 1.54) is 11.3 Å². The van der Waals surface area contributed by atoms with Crippen molar-refractivity contribution in [3.05, 3.63) is 92.3 Å². The van der Waals surface area contributed by atoms with E-state index < -0.39 is 5.63 Å². The maximum Gasteiger partial charge on any atom is 0.345 e. The molecule has 0 bridgehead atoms. The molecule has 0 aliphatic heterocycles. The average Bonchev–Trinajstić information content (AvgIpc) is 3.29. The van der Waals surface area contributed by atoms with Crippen molar-refractivity contribution in [1.29, 1.82) is 5.26 Å². The largest absolute Gasteiger partial charge is 0.422 e. The molecule has 2 aromatic carbocycles. The zero-order valence-corrected chi connectivity index (χ0v) is 18.8. The molecule has 0 saturated carbocycles. The monoisotopic (exact) mass is 500 g/mol. The molecule has 3 aromatic heterocycles. The van der Waals surface area contributed by atoms with E-state index >= 15 is 0 Å². The lowest BCUT2D eigenvalue weighted by Gasteiger charge is -2.03. The Morgan fingerprint density at radius 1 is 1.16 bits per heavy atom. The number of nitrogens with zero attached hydrogens (tertiary/aromatic N) is 3. The Labute approximate surface area is 194 Å². The number of thiazole rings is 1. The van der Waals surface area contributed by atoms with E-state index in [0.717, 1.165) is 26.4 Å². The quantitative estimate of drug-likeness (QED) is 0.233. The van der Waals surface area contributed by atoms with Crippen LogP contribution in [0.2, 0.25) is 0 Å². The van der Waals surface area contributed by atoms with E-state index in [1.807, 2.05) is 42.5 Å². The number of hydrogen-bond acceptors (Lipinski definition) is 7. The first kappa shape index (κ1) is 20.1. The van der Waals surface area contributed by atoms with Gasteiger partial charge in [0, 0.05) is 38.7 Å².